The van der Waals surface area contributed by atoms with E-state index < -0.39 is 0 Å². The molecule has 0 spiro atoms. The Hall–Kier alpha value is -1.99. The molecule has 0 amide bonds. The van der Waals surface area contributed by atoms with Crippen LogP contribution in [0.15, 0.2) is 30.9 Å². The van der Waals surface area contributed by atoms with Crippen LogP contribution in [-0.4, -0.2) is 68.1 Å². The number of hydrogen-bond donors (Lipinski definition) is 1. The van der Waals surface area contributed by atoms with E-state index in [0.29, 0.717) is 6.04 Å². The molecule has 2 aromatic rings. The summed E-state index contributed by atoms with van der Waals surface area (Å²) in [6.45, 7) is 3.81. The Morgan fingerprint density at radius 3 is 2.54 bits per heavy atom. The van der Waals surface area contributed by atoms with E-state index in [-0.39, 0.29) is 6.10 Å². The molecule has 2 fully saturated rings. The first-order valence-electron chi connectivity index (χ1n) is 8.80. The molecule has 2 unspecified atom stereocenters. The van der Waals surface area contributed by atoms with E-state index in [2.05, 4.69) is 24.9 Å². The van der Waals surface area contributed by atoms with Gasteiger partial charge < -0.3 is 10.0 Å². The molecule has 3 heterocycles. The second kappa shape index (κ2) is 6.86. The van der Waals surface area contributed by atoms with Gasteiger partial charge in [-0.15, -0.1) is 0 Å². The molecule has 0 radical (unpaired) electrons. The summed E-state index contributed by atoms with van der Waals surface area (Å²) >= 11 is 0. The van der Waals surface area contributed by atoms with Gasteiger partial charge in [-0.1, -0.05) is 12.8 Å². The van der Waals surface area contributed by atoms with Crippen molar-refractivity contribution in [1.29, 1.82) is 0 Å². The SMILES string of the molecule is OC1CCCCC1N1CCN(c2cc(-n3cccn3)ncn2)CC1. The lowest BCUT2D eigenvalue weighted by molar-refractivity contribution is 0.0172. The van der Waals surface area contributed by atoms with Crippen molar-refractivity contribution in [2.24, 2.45) is 0 Å². The Kier molecular flexibility index (Phi) is 4.44. The van der Waals surface area contributed by atoms with Crippen LogP contribution in [0.2, 0.25) is 0 Å². The van der Waals surface area contributed by atoms with E-state index in [9.17, 15) is 5.11 Å². The fourth-order valence-corrected chi connectivity index (χ4v) is 3.84. The van der Waals surface area contributed by atoms with Crippen LogP contribution in [0.3, 0.4) is 0 Å². The lowest BCUT2D eigenvalue weighted by atomic mass is 9.91. The summed E-state index contributed by atoms with van der Waals surface area (Å²) in [6.07, 6.45) is 9.54. The van der Waals surface area contributed by atoms with Crippen molar-refractivity contribution >= 4 is 5.82 Å². The molecule has 7 heteroatoms. The van der Waals surface area contributed by atoms with Crippen LogP contribution in [0.5, 0.6) is 0 Å². The van der Waals surface area contributed by atoms with Gasteiger partial charge in [0, 0.05) is 50.7 Å². The monoisotopic (exact) mass is 328 g/mol. The summed E-state index contributed by atoms with van der Waals surface area (Å²) < 4.78 is 1.75. The van der Waals surface area contributed by atoms with E-state index in [1.165, 1.54) is 6.42 Å². The van der Waals surface area contributed by atoms with Crippen LogP contribution in [0.25, 0.3) is 5.82 Å². The van der Waals surface area contributed by atoms with Crippen LogP contribution in [0, 0.1) is 0 Å². The van der Waals surface area contributed by atoms with Gasteiger partial charge in [0.25, 0.3) is 0 Å². The third-order valence-electron chi connectivity index (χ3n) is 5.18. The van der Waals surface area contributed by atoms with E-state index in [4.69, 9.17) is 0 Å². The fourth-order valence-electron chi connectivity index (χ4n) is 3.84. The highest BCUT2D eigenvalue weighted by Crippen LogP contribution is 2.25. The summed E-state index contributed by atoms with van der Waals surface area (Å²) in [5, 5.41) is 14.5. The molecule has 1 saturated carbocycles. The third-order valence-corrected chi connectivity index (χ3v) is 5.18. The average molecular weight is 328 g/mol. The minimum absolute atomic E-state index is 0.157. The normalized spacial score (nSPS) is 25.8. The van der Waals surface area contributed by atoms with Crippen LogP contribution in [0.4, 0.5) is 5.82 Å². The largest absolute Gasteiger partial charge is 0.391 e. The van der Waals surface area contributed by atoms with Gasteiger partial charge in [0.05, 0.1) is 6.10 Å². The van der Waals surface area contributed by atoms with Gasteiger partial charge in [-0.05, 0) is 18.9 Å². The van der Waals surface area contributed by atoms with E-state index >= 15 is 0 Å². The second-order valence-corrected chi connectivity index (χ2v) is 6.63. The van der Waals surface area contributed by atoms with Crippen molar-refractivity contribution in [1.82, 2.24) is 24.6 Å². The zero-order chi connectivity index (χ0) is 16.4. The molecule has 1 aliphatic carbocycles. The van der Waals surface area contributed by atoms with Crippen LogP contribution >= 0.6 is 0 Å². The first kappa shape index (κ1) is 15.5. The average Bonchev–Trinajstić information content (AvgIpc) is 3.17. The van der Waals surface area contributed by atoms with Gasteiger partial charge in [-0.25, -0.2) is 14.6 Å². The summed E-state index contributed by atoms with van der Waals surface area (Å²) in [5.41, 5.74) is 0. The molecular formula is C17H24N6O. The predicted molar refractivity (Wildman–Crippen MR) is 91.2 cm³/mol. The van der Waals surface area contributed by atoms with Crippen molar-refractivity contribution in [2.45, 2.75) is 37.8 Å². The third kappa shape index (κ3) is 3.14. The van der Waals surface area contributed by atoms with Crippen molar-refractivity contribution in [3.05, 3.63) is 30.9 Å². The van der Waals surface area contributed by atoms with E-state index in [1.54, 1.807) is 17.2 Å². The standard InChI is InChI=1S/C17H24N6O/c24-15-5-2-1-4-14(15)21-8-10-22(11-9-21)16-12-17(19-13-18-16)23-7-3-6-20-23/h3,6-7,12-15,24H,1-2,4-5,8-11H2. The molecule has 0 bridgehead atoms. The number of nitrogens with zero attached hydrogens (tertiary/aromatic N) is 6. The first-order chi connectivity index (χ1) is 11.8. The van der Waals surface area contributed by atoms with E-state index in [0.717, 1.165) is 57.1 Å². The molecule has 2 aliphatic rings. The Bertz CT molecular complexity index is 653. The number of aliphatic hydroxyl groups is 1. The molecule has 7 nitrogen and oxygen atoms in total. The smallest absolute Gasteiger partial charge is 0.158 e. The Balaban J connectivity index is 1.42. The quantitative estimate of drug-likeness (QED) is 0.909. The van der Waals surface area contributed by atoms with Gasteiger partial charge in [0.1, 0.15) is 12.1 Å². The van der Waals surface area contributed by atoms with Crippen molar-refractivity contribution < 1.29 is 5.11 Å². The highest BCUT2D eigenvalue weighted by molar-refractivity contribution is 5.43. The molecule has 24 heavy (non-hydrogen) atoms. The molecule has 2 aromatic heterocycles. The zero-order valence-corrected chi connectivity index (χ0v) is 13.8. The number of piperazine rings is 1. The zero-order valence-electron chi connectivity index (χ0n) is 13.8. The highest BCUT2D eigenvalue weighted by atomic mass is 16.3. The molecule has 1 aliphatic heterocycles. The van der Waals surface area contributed by atoms with Crippen molar-refractivity contribution in [2.75, 3.05) is 31.1 Å². The Labute approximate surface area is 141 Å². The summed E-state index contributed by atoms with van der Waals surface area (Å²) in [7, 11) is 0. The minimum Gasteiger partial charge on any atom is -0.391 e. The van der Waals surface area contributed by atoms with Gasteiger partial charge in [0.2, 0.25) is 0 Å². The maximum atomic E-state index is 10.3. The molecule has 128 valence electrons. The van der Waals surface area contributed by atoms with Crippen LogP contribution in [0.1, 0.15) is 25.7 Å². The molecule has 0 aromatic carbocycles. The van der Waals surface area contributed by atoms with Gasteiger partial charge in [0.15, 0.2) is 5.82 Å². The maximum absolute atomic E-state index is 10.3. The number of anilines is 1. The molecular weight excluding hydrogens is 304 g/mol. The maximum Gasteiger partial charge on any atom is 0.158 e. The number of rotatable bonds is 3. The molecule has 1 saturated heterocycles. The topological polar surface area (TPSA) is 70.3 Å². The van der Waals surface area contributed by atoms with Gasteiger partial charge in [-0.3, -0.25) is 4.90 Å². The number of aromatic nitrogens is 4. The summed E-state index contributed by atoms with van der Waals surface area (Å²) in [5.74, 6) is 1.73. The van der Waals surface area contributed by atoms with Crippen molar-refractivity contribution in [3.63, 3.8) is 0 Å². The Morgan fingerprint density at radius 1 is 1.00 bits per heavy atom. The summed E-state index contributed by atoms with van der Waals surface area (Å²) in [4.78, 5) is 13.5. The van der Waals surface area contributed by atoms with Gasteiger partial charge in [-0.2, -0.15) is 5.10 Å². The second-order valence-electron chi connectivity index (χ2n) is 6.63. The summed E-state index contributed by atoms with van der Waals surface area (Å²) in [6, 6.07) is 4.21. The minimum atomic E-state index is -0.157. The number of hydrogen-bond acceptors (Lipinski definition) is 6. The van der Waals surface area contributed by atoms with Gasteiger partial charge >= 0.3 is 0 Å². The lowest BCUT2D eigenvalue weighted by Crippen LogP contribution is -2.54. The lowest BCUT2D eigenvalue weighted by Gasteiger charge is -2.43. The van der Waals surface area contributed by atoms with Crippen LogP contribution in [-0.2, 0) is 0 Å². The van der Waals surface area contributed by atoms with E-state index in [1.807, 2.05) is 18.3 Å². The fraction of sp³-hybridized carbons (Fsp3) is 0.588. The van der Waals surface area contributed by atoms with Crippen LogP contribution < -0.4 is 4.90 Å². The first-order valence-corrected chi connectivity index (χ1v) is 8.80. The van der Waals surface area contributed by atoms with Crippen molar-refractivity contribution in [3.8, 4) is 5.82 Å². The molecule has 1 N–H and O–H groups in total. The number of aliphatic hydroxyl groups excluding tert-OH is 1. The molecule has 4 rings (SSSR count). The Morgan fingerprint density at radius 2 is 1.79 bits per heavy atom. The predicted octanol–water partition coefficient (Wildman–Crippen LogP) is 1.09. The highest BCUT2D eigenvalue weighted by Gasteiger charge is 2.31. The molecule has 2 atom stereocenters.